The van der Waals surface area contributed by atoms with Crippen LogP contribution in [-0.4, -0.2) is 15.7 Å². The molecule has 0 radical (unpaired) electrons. The minimum atomic E-state index is 0.567. The molecule has 3 heteroatoms. The van der Waals surface area contributed by atoms with E-state index in [1.807, 2.05) is 24.2 Å². The summed E-state index contributed by atoms with van der Waals surface area (Å²) in [6, 6.07) is 0. The number of nitrogens with zero attached hydrogens (tertiary/aromatic N) is 2. The van der Waals surface area contributed by atoms with Gasteiger partial charge >= 0.3 is 0 Å². The second-order valence-electron chi connectivity index (χ2n) is 4.67. The van der Waals surface area contributed by atoms with E-state index in [0.717, 1.165) is 17.9 Å². The van der Waals surface area contributed by atoms with Crippen molar-refractivity contribution in [1.82, 2.24) is 9.97 Å². The van der Waals surface area contributed by atoms with Crippen LogP contribution in [0.4, 0.5) is 0 Å². The Morgan fingerprint density at radius 1 is 1.00 bits per heavy atom. The molecular weight excluding hydrogens is 240 g/mol. The average Bonchev–Trinajstić information content (AvgIpc) is 2.41. The zero-order valence-electron chi connectivity index (χ0n) is 12.0. The first-order valence-corrected chi connectivity index (χ1v) is 8.25. The van der Waals surface area contributed by atoms with Crippen molar-refractivity contribution in [1.29, 1.82) is 0 Å². The molecule has 0 N–H and O–H groups in total. The zero-order valence-corrected chi connectivity index (χ0v) is 12.8. The molecule has 0 aliphatic rings. The van der Waals surface area contributed by atoms with Crippen LogP contribution >= 0.6 is 11.8 Å². The van der Waals surface area contributed by atoms with Crippen LogP contribution < -0.4 is 0 Å². The lowest BCUT2D eigenvalue weighted by atomic mass is 10.00. The van der Waals surface area contributed by atoms with Gasteiger partial charge in [0.15, 0.2) is 0 Å². The van der Waals surface area contributed by atoms with Gasteiger partial charge in [-0.15, -0.1) is 11.8 Å². The predicted octanol–water partition coefficient (Wildman–Crippen LogP) is 5.05. The normalized spacial score (nSPS) is 11.1. The van der Waals surface area contributed by atoms with Gasteiger partial charge in [-0.3, -0.25) is 4.98 Å². The summed E-state index contributed by atoms with van der Waals surface area (Å²) in [5, 5.41) is 1.16. The molecule has 0 spiro atoms. The van der Waals surface area contributed by atoms with Gasteiger partial charge in [-0.25, -0.2) is 4.98 Å². The number of unbranched alkanes of at least 4 members (excludes halogenated alkanes) is 3. The van der Waals surface area contributed by atoms with E-state index in [2.05, 4.69) is 30.7 Å². The SMILES string of the molecule is CCCCCCSc1nccnc1C(CC)CC. The van der Waals surface area contributed by atoms with E-state index in [4.69, 9.17) is 0 Å². The molecule has 1 aromatic rings. The smallest absolute Gasteiger partial charge is 0.118 e. The quantitative estimate of drug-likeness (QED) is 0.462. The van der Waals surface area contributed by atoms with Crippen LogP contribution in [0.15, 0.2) is 17.4 Å². The molecular formula is C15H26N2S. The molecule has 0 fully saturated rings. The number of aromatic nitrogens is 2. The summed E-state index contributed by atoms with van der Waals surface area (Å²) in [4.78, 5) is 9.07. The monoisotopic (exact) mass is 266 g/mol. The van der Waals surface area contributed by atoms with Crippen molar-refractivity contribution in [3.8, 4) is 0 Å². The molecule has 1 heterocycles. The fraction of sp³-hybridized carbons (Fsp3) is 0.733. The van der Waals surface area contributed by atoms with Gasteiger partial charge in [-0.05, 0) is 25.0 Å². The van der Waals surface area contributed by atoms with Crippen LogP contribution in [0.5, 0.6) is 0 Å². The van der Waals surface area contributed by atoms with Crippen LogP contribution in [0, 0.1) is 0 Å². The summed E-state index contributed by atoms with van der Waals surface area (Å²) in [5.74, 6) is 1.74. The maximum Gasteiger partial charge on any atom is 0.118 e. The molecule has 0 saturated heterocycles. The maximum absolute atomic E-state index is 4.55. The van der Waals surface area contributed by atoms with Crippen molar-refractivity contribution in [2.45, 2.75) is 70.2 Å². The Labute approximate surface area is 116 Å². The molecule has 0 bridgehead atoms. The highest BCUT2D eigenvalue weighted by molar-refractivity contribution is 7.99. The molecule has 0 aliphatic heterocycles. The predicted molar refractivity (Wildman–Crippen MR) is 80.2 cm³/mol. The van der Waals surface area contributed by atoms with Crippen LogP contribution in [0.25, 0.3) is 0 Å². The van der Waals surface area contributed by atoms with E-state index in [0.29, 0.717) is 5.92 Å². The van der Waals surface area contributed by atoms with E-state index in [9.17, 15) is 0 Å². The molecule has 1 aromatic heterocycles. The van der Waals surface area contributed by atoms with Gasteiger partial charge in [-0.2, -0.15) is 0 Å². The van der Waals surface area contributed by atoms with Crippen molar-refractivity contribution in [3.05, 3.63) is 18.1 Å². The van der Waals surface area contributed by atoms with Gasteiger partial charge < -0.3 is 0 Å². The van der Waals surface area contributed by atoms with Crippen LogP contribution in [0.3, 0.4) is 0 Å². The third-order valence-corrected chi connectivity index (χ3v) is 4.38. The van der Waals surface area contributed by atoms with Gasteiger partial charge in [0.05, 0.1) is 5.69 Å². The molecule has 2 nitrogen and oxygen atoms in total. The first-order valence-electron chi connectivity index (χ1n) is 7.27. The van der Waals surface area contributed by atoms with Crippen LogP contribution in [0.1, 0.15) is 70.9 Å². The molecule has 0 saturated carbocycles. The third-order valence-electron chi connectivity index (χ3n) is 3.30. The molecule has 0 unspecified atom stereocenters. The highest BCUT2D eigenvalue weighted by Gasteiger charge is 2.14. The largest absolute Gasteiger partial charge is 0.257 e. The number of hydrogen-bond donors (Lipinski definition) is 0. The van der Waals surface area contributed by atoms with E-state index >= 15 is 0 Å². The highest BCUT2D eigenvalue weighted by atomic mass is 32.2. The Kier molecular flexibility index (Phi) is 8.06. The minimum Gasteiger partial charge on any atom is -0.257 e. The standard InChI is InChI=1S/C15H26N2S/c1-4-7-8-9-12-18-15-14(13(5-2)6-3)16-10-11-17-15/h10-11,13H,4-9,12H2,1-3H3. The van der Waals surface area contributed by atoms with Gasteiger partial charge in [0, 0.05) is 18.3 Å². The fourth-order valence-electron chi connectivity index (χ4n) is 2.10. The van der Waals surface area contributed by atoms with E-state index < -0.39 is 0 Å². The lowest BCUT2D eigenvalue weighted by Gasteiger charge is -2.14. The average molecular weight is 266 g/mol. The minimum absolute atomic E-state index is 0.567. The number of thioether (sulfide) groups is 1. The van der Waals surface area contributed by atoms with E-state index in [-0.39, 0.29) is 0 Å². The summed E-state index contributed by atoms with van der Waals surface area (Å²) in [5.41, 5.74) is 1.21. The number of rotatable bonds is 9. The Morgan fingerprint density at radius 3 is 2.39 bits per heavy atom. The van der Waals surface area contributed by atoms with Gasteiger partial charge in [0.25, 0.3) is 0 Å². The van der Waals surface area contributed by atoms with Crippen molar-refractivity contribution in [2.75, 3.05) is 5.75 Å². The lowest BCUT2D eigenvalue weighted by Crippen LogP contribution is -2.03. The molecule has 0 amide bonds. The van der Waals surface area contributed by atoms with Crippen molar-refractivity contribution in [2.24, 2.45) is 0 Å². The molecule has 1 rings (SSSR count). The fourth-order valence-corrected chi connectivity index (χ4v) is 3.14. The van der Waals surface area contributed by atoms with Gasteiger partial charge in [0.2, 0.25) is 0 Å². The van der Waals surface area contributed by atoms with Crippen molar-refractivity contribution < 1.29 is 0 Å². The summed E-state index contributed by atoms with van der Waals surface area (Å²) in [7, 11) is 0. The third kappa shape index (κ3) is 4.97. The maximum atomic E-state index is 4.55. The second kappa shape index (κ2) is 9.37. The Morgan fingerprint density at radius 2 is 1.72 bits per heavy atom. The topological polar surface area (TPSA) is 25.8 Å². The Hall–Kier alpha value is -0.570. The summed E-state index contributed by atoms with van der Waals surface area (Å²) >= 11 is 1.88. The van der Waals surface area contributed by atoms with Crippen molar-refractivity contribution >= 4 is 11.8 Å². The molecule has 0 atom stereocenters. The Balaban J connectivity index is 2.53. The van der Waals surface area contributed by atoms with Crippen molar-refractivity contribution in [3.63, 3.8) is 0 Å². The molecule has 18 heavy (non-hydrogen) atoms. The second-order valence-corrected chi connectivity index (χ2v) is 5.75. The van der Waals surface area contributed by atoms with E-state index in [1.165, 1.54) is 37.1 Å². The van der Waals surface area contributed by atoms with Crippen LogP contribution in [0.2, 0.25) is 0 Å². The van der Waals surface area contributed by atoms with Gasteiger partial charge in [-0.1, -0.05) is 40.0 Å². The highest BCUT2D eigenvalue weighted by Crippen LogP contribution is 2.29. The molecule has 0 aliphatic carbocycles. The first kappa shape index (κ1) is 15.5. The van der Waals surface area contributed by atoms with Gasteiger partial charge in [0.1, 0.15) is 5.03 Å². The van der Waals surface area contributed by atoms with Crippen LogP contribution in [-0.2, 0) is 0 Å². The first-order chi connectivity index (χ1) is 8.83. The zero-order chi connectivity index (χ0) is 13.2. The number of hydrogen-bond acceptors (Lipinski definition) is 3. The summed E-state index contributed by atoms with van der Waals surface area (Å²) in [6.45, 7) is 6.72. The Bertz CT molecular complexity index is 324. The molecule has 102 valence electrons. The molecule has 0 aromatic carbocycles. The lowest BCUT2D eigenvalue weighted by molar-refractivity contribution is 0.602. The summed E-state index contributed by atoms with van der Waals surface area (Å²) < 4.78 is 0. The van der Waals surface area contributed by atoms with E-state index in [1.54, 1.807) is 0 Å². The summed E-state index contributed by atoms with van der Waals surface area (Å²) in [6.07, 6.45) is 11.2.